The van der Waals surface area contributed by atoms with E-state index in [0.29, 0.717) is 5.69 Å². The van der Waals surface area contributed by atoms with Gasteiger partial charge in [-0.3, -0.25) is 9.78 Å². The van der Waals surface area contributed by atoms with E-state index in [2.05, 4.69) is 15.3 Å². The molecule has 0 radical (unpaired) electrons. The van der Waals surface area contributed by atoms with Gasteiger partial charge < -0.3 is 10.1 Å². The van der Waals surface area contributed by atoms with Gasteiger partial charge in [0.15, 0.2) is 0 Å². The van der Waals surface area contributed by atoms with Crippen LogP contribution in [0.25, 0.3) is 0 Å². The molecule has 1 fully saturated rings. The van der Waals surface area contributed by atoms with Crippen LogP contribution in [-0.2, 0) is 4.74 Å². The van der Waals surface area contributed by atoms with Crippen molar-refractivity contribution in [1.82, 2.24) is 15.3 Å². The predicted molar refractivity (Wildman–Crippen MR) is 57.9 cm³/mol. The highest BCUT2D eigenvalue weighted by Gasteiger charge is 2.24. The largest absolute Gasteiger partial charge is 0.376 e. The normalized spacial score (nSPS) is 21.7. The standard InChI is InChI=1S/C11H15N3O2/c1-8(10-3-2-6-16-10)14-11(15)9-7-12-4-5-13-9/h4-5,7-8,10H,2-3,6H2,1H3,(H,14,15)/t8-,10-/m0/s1. The maximum absolute atomic E-state index is 11.7. The minimum Gasteiger partial charge on any atom is -0.376 e. The molecule has 86 valence electrons. The minimum atomic E-state index is -0.198. The molecule has 0 spiro atoms. The summed E-state index contributed by atoms with van der Waals surface area (Å²) < 4.78 is 5.50. The third-order valence-electron chi connectivity index (χ3n) is 2.68. The third-order valence-corrected chi connectivity index (χ3v) is 2.68. The van der Waals surface area contributed by atoms with Gasteiger partial charge in [-0.1, -0.05) is 0 Å². The molecule has 2 atom stereocenters. The fourth-order valence-corrected chi connectivity index (χ4v) is 1.79. The van der Waals surface area contributed by atoms with Gasteiger partial charge in [-0.2, -0.15) is 0 Å². The number of nitrogens with one attached hydrogen (secondary N) is 1. The lowest BCUT2D eigenvalue weighted by Gasteiger charge is -2.19. The van der Waals surface area contributed by atoms with Crippen LogP contribution in [0, 0.1) is 0 Å². The molecule has 2 heterocycles. The summed E-state index contributed by atoms with van der Waals surface area (Å²) >= 11 is 0. The number of rotatable bonds is 3. The number of carbonyl (C=O) groups is 1. The first-order valence-corrected chi connectivity index (χ1v) is 5.46. The quantitative estimate of drug-likeness (QED) is 0.819. The van der Waals surface area contributed by atoms with Crippen molar-refractivity contribution in [2.75, 3.05) is 6.61 Å². The number of amides is 1. The molecule has 0 aliphatic carbocycles. The fourth-order valence-electron chi connectivity index (χ4n) is 1.79. The van der Waals surface area contributed by atoms with E-state index in [1.54, 1.807) is 6.20 Å². The molecule has 0 unspecified atom stereocenters. The van der Waals surface area contributed by atoms with Crippen molar-refractivity contribution >= 4 is 5.91 Å². The fraction of sp³-hybridized carbons (Fsp3) is 0.545. The Labute approximate surface area is 94.2 Å². The van der Waals surface area contributed by atoms with Gasteiger partial charge in [0, 0.05) is 19.0 Å². The van der Waals surface area contributed by atoms with Gasteiger partial charge in [-0.05, 0) is 19.8 Å². The van der Waals surface area contributed by atoms with Crippen LogP contribution >= 0.6 is 0 Å². The molecule has 1 amide bonds. The topological polar surface area (TPSA) is 64.1 Å². The number of carbonyl (C=O) groups excluding carboxylic acids is 1. The predicted octanol–water partition coefficient (Wildman–Crippen LogP) is 0.774. The van der Waals surface area contributed by atoms with Crippen LogP contribution in [0.1, 0.15) is 30.3 Å². The molecule has 1 N–H and O–H groups in total. The maximum atomic E-state index is 11.7. The molecule has 16 heavy (non-hydrogen) atoms. The Morgan fingerprint density at radius 2 is 2.50 bits per heavy atom. The smallest absolute Gasteiger partial charge is 0.271 e. The molecule has 0 bridgehead atoms. The van der Waals surface area contributed by atoms with Crippen molar-refractivity contribution in [2.24, 2.45) is 0 Å². The van der Waals surface area contributed by atoms with Crippen LogP contribution in [0.3, 0.4) is 0 Å². The van der Waals surface area contributed by atoms with Gasteiger partial charge >= 0.3 is 0 Å². The van der Waals surface area contributed by atoms with Crippen molar-refractivity contribution in [3.05, 3.63) is 24.3 Å². The van der Waals surface area contributed by atoms with Crippen molar-refractivity contribution in [1.29, 1.82) is 0 Å². The van der Waals surface area contributed by atoms with Gasteiger partial charge in [-0.15, -0.1) is 0 Å². The summed E-state index contributed by atoms with van der Waals surface area (Å²) in [5.41, 5.74) is 0.340. The van der Waals surface area contributed by atoms with E-state index < -0.39 is 0 Å². The monoisotopic (exact) mass is 221 g/mol. The third kappa shape index (κ3) is 2.55. The van der Waals surface area contributed by atoms with Gasteiger partial charge in [0.1, 0.15) is 5.69 Å². The molecule has 1 aliphatic rings. The number of hydrogen-bond acceptors (Lipinski definition) is 4. The van der Waals surface area contributed by atoms with E-state index in [1.807, 2.05) is 6.92 Å². The Bertz CT molecular complexity index is 350. The Morgan fingerprint density at radius 1 is 1.62 bits per heavy atom. The average molecular weight is 221 g/mol. The zero-order valence-electron chi connectivity index (χ0n) is 9.22. The maximum Gasteiger partial charge on any atom is 0.271 e. The molecule has 0 saturated carbocycles. The minimum absolute atomic E-state index is 0.0111. The van der Waals surface area contributed by atoms with Crippen LogP contribution in [0.5, 0.6) is 0 Å². The highest BCUT2D eigenvalue weighted by atomic mass is 16.5. The Kier molecular flexibility index (Phi) is 3.46. The second kappa shape index (κ2) is 5.03. The van der Waals surface area contributed by atoms with Crippen LogP contribution in [0.2, 0.25) is 0 Å². The van der Waals surface area contributed by atoms with Crippen LogP contribution in [0.15, 0.2) is 18.6 Å². The molecular weight excluding hydrogens is 206 g/mol. The van der Waals surface area contributed by atoms with Crippen molar-refractivity contribution in [3.8, 4) is 0 Å². The molecule has 1 aromatic rings. The zero-order valence-corrected chi connectivity index (χ0v) is 9.22. The van der Waals surface area contributed by atoms with Crippen LogP contribution in [0.4, 0.5) is 0 Å². The van der Waals surface area contributed by atoms with Crippen molar-refractivity contribution in [2.45, 2.75) is 31.9 Å². The Balaban J connectivity index is 1.92. The average Bonchev–Trinajstić information content (AvgIpc) is 2.83. The molecule has 2 rings (SSSR count). The first-order chi connectivity index (χ1) is 7.77. The van der Waals surface area contributed by atoms with Crippen molar-refractivity contribution in [3.63, 3.8) is 0 Å². The molecule has 1 aromatic heterocycles. The number of hydrogen-bond donors (Lipinski definition) is 1. The summed E-state index contributed by atoms with van der Waals surface area (Å²) in [5, 5.41) is 2.87. The molecule has 1 aliphatic heterocycles. The summed E-state index contributed by atoms with van der Waals surface area (Å²) in [5.74, 6) is -0.198. The molecule has 5 heteroatoms. The van der Waals surface area contributed by atoms with E-state index in [0.717, 1.165) is 19.4 Å². The van der Waals surface area contributed by atoms with Crippen molar-refractivity contribution < 1.29 is 9.53 Å². The number of nitrogens with zero attached hydrogens (tertiary/aromatic N) is 2. The van der Waals surface area contributed by atoms with E-state index >= 15 is 0 Å². The van der Waals surface area contributed by atoms with Gasteiger partial charge in [0.25, 0.3) is 5.91 Å². The Morgan fingerprint density at radius 3 is 3.12 bits per heavy atom. The van der Waals surface area contributed by atoms with Gasteiger partial charge in [0.2, 0.25) is 0 Å². The number of aromatic nitrogens is 2. The molecule has 5 nitrogen and oxygen atoms in total. The molecule has 1 saturated heterocycles. The van der Waals surface area contributed by atoms with E-state index in [4.69, 9.17) is 4.74 Å². The summed E-state index contributed by atoms with van der Waals surface area (Å²) in [4.78, 5) is 19.5. The highest BCUT2D eigenvalue weighted by molar-refractivity contribution is 5.92. The number of ether oxygens (including phenoxy) is 1. The lowest BCUT2D eigenvalue weighted by Crippen LogP contribution is -2.41. The Hall–Kier alpha value is -1.49. The highest BCUT2D eigenvalue weighted by Crippen LogP contribution is 2.15. The molecule has 0 aromatic carbocycles. The van der Waals surface area contributed by atoms with E-state index in [9.17, 15) is 4.79 Å². The lowest BCUT2D eigenvalue weighted by atomic mass is 10.1. The molecular formula is C11H15N3O2. The first kappa shape index (κ1) is 11.0. The van der Waals surface area contributed by atoms with Crippen LogP contribution < -0.4 is 5.32 Å². The second-order valence-electron chi connectivity index (χ2n) is 3.90. The second-order valence-corrected chi connectivity index (χ2v) is 3.90. The zero-order chi connectivity index (χ0) is 11.4. The summed E-state index contributed by atoms with van der Waals surface area (Å²) in [6.07, 6.45) is 6.70. The lowest BCUT2D eigenvalue weighted by molar-refractivity contribution is 0.0709. The first-order valence-electron chi connectivity index (χ1n) is 5.46. The summed E-state index contributed by atoms with van der Waals surface area (Å²) in [6.45, 7) is 2.74. The van der Waals surface area contributed by atoms with E-state index in [1.165, 1.54) is 12.4 Å². The summed E-state index contributed by atoms with van der Waals surface area (Å²) in [7, 11) is 0. The SMILES string of the molecule is C[C@H](NC(=O)c1cnccn1)[C@@H]1CCCO1. The summed E-state index contributed by atoms with van der Waals surface area (Å²) in [6, 6.07) is 0.0111. The van der Waals surface area contributed by atoms with Crippen LogP contribution in [-0.4, -0.2) is 34.6 Å². The van der Waals surface area contributed by atoms with Gasteiger partial charge in [-0.25, -0.2) is 4.98 Å². The van der Waals surface area contributed by atoms with Gasteiger partial charge in [0.05, 0.1) is 18.3 Å². The van der Waals surface area contributed by atoms with E-state index in [-0.39, 0.29) is 18.1 Å².